The van der Waals surface area contributed by atoms with Crippen LogP contribution in [0.25, 0.3) is 0 Å². The van der Waals surface area contributed by atoms with Crippen molar-refractivity contribution in [1.82, 2.24) is 4.31 Å². The molecule has 7 heteroatoms. The fraction of sp³-hybridized carbons (Fsp3) is 0.500. The van der Waals surface area contributed by atoms with Crippen molar-refractivity contribution in [2.45, 2.75) is 0 Å². The highest BCUT2D eigenvalue weighted by atomic mass is 32.2. The standard InChI is InChI=1S/C12H19N3O3S/c1-14(2)12-5-3-11(4-6-12)13-19(16,17)15-7-9-18-10-8-15/h3-6,13H,7-10H2,1-2H3. The van der Waals surface area contributed by atoms with Gasteiger partial charge in [0.05, 0.1) is 13.2 Å². The molecule has 0 bridgehead atoms. The molecule has 0 radical (unpaired) electrons. The Bertz CT molecular complexity index is 508. The first-order chi connectivity index (χ1) is 8.99. The number of rotatable bonds is 4. The van der Waals surface area contributed by atoms with Gasteiger partial charge < -0.3 is 9.64 Å². The molecule has 106 valence electrons. The molecule has 1 N–H and O–H groups in total. The van der Waals surface area contributed by atoms with Crippen molar-refractivity contribution in [2.75, 3.05) is 50.0 Å². The summed E-state index contributed by atoms with van der Waals surface area (Å²) in [7, 11) is 0.395. The van der Waals surface area contributed by atoms with Crippen LogP contribution in [0.3, 0.4) is 0 Å². The van der Waals surface area contributed by atoms with Gasteiger partial charge in [-0.15, -0.1) is 0 Å². The van der Waals surface area contributed by atoms with Crippen LogP contribution in [-0.4, -0.2) is 53.1 Å². The molecule has 0 aliphatic carbocycles. The van der Waals surface area contributed by atoms with Gasteiger partial charge in [-0.3, -0.25) is 4.72 Å². The lowest BCUT2D eigenvalue weighted by Crippen LogP contribution is -2.43. The zero-order chi connectivity index (χ0) is 13.9. The molecule has 0 unspecified atom stereocenters. The number of hydrogen-bond acceptors (Lipinski definition) is 4. The normalized spacial score (nSPS) is 17.2. The van der Waals surface area contributed by atoms with Crippen LogP contribution in [0.4, 0.5) is 11.4 Å². The zero-order valence-corrected chi connectivity index (χ0v) is 12.0. The van der Waals surface area contributed by atoms with Crippen LogP contribution in [0.5, 0.6) is 0 Å². The minimum Gasteiger partial charge on any atom is -0.379 e. The summed E-state index contributed by atoms with van der Waals surface area (Å²) in [5.41, 5.74) is 1.59. The molecule has 1 saturated heterocycles. The molecule has 0 amide bonds. The van der Waals surface area contributed by atoms with Gasteiger partial charge in [0, 0.05) is 38.6 Å². The first-order valence-electron chi connectivity index (χ1n) is 6.12. The number of morpholine rings is 1. The maximum absolute atomic E-state index is 12.1. The topological polar surface area (TPSA) is 61.9 Å². The van der Waals surface area contributed by atoms with Gasteiger partial charge in [0.15, 0.2) is 0 Å². The van der Waals surface area contributed by atoms with E-state index in [-0.39, 0.29) is 0 Å². The molecule has 0 aromatic heterocycles. The third-order valence-corrected chi connectivity index (χ3v) is 4.48. The van der Waals surface area contributed by atoms with Gasteiger partial charge in [0.2, 0.25) is 0 Å². The molecule has 6 nitrogen and oxygen atoms in total. The molecule has 0 saturated carbocycles. The average Bonchev–Trinajstić information content (AvgIpc) is 2.40. The zero-order valence-electron chi connectivity index (χ0n) is 11.2. The molecule has 1 fully saturated rings. The lowest BCUT2D eigenvalue weighted by Gasteiger charge is -2.26. The van der Waals surface area contributed by atoms with Crippen molar-refractivity contribution < 1.29 is 13.2 Å². The molecule has 2 rings (SSSR count). The van der Waals surface area contributed by atoms with Gasteiger partial charge in [-0.05, 0) is 24.3 Å². The molecule has 0 atom stereocenters. The first-order valence-corrected chi connectivity index (χ1v) is 7.56. The number of nitrogens with one attached hydrogen (secondary N) is 1. The van der Waals surface area contributed by atoms with E-state index in [1.54, 1.807) is 12.1 Å². The van der Waals surface area contributed by atoms with Crippen molar-refractivity contribution in [3.8, 4) is 0 Å². The molecule has 1 heterocycles. The Morgan fingerprint density at radius 2 is 1.74 bits per heavy atom. The smallest absolute Gasteiger partial charge is 0.301 e. The summed E-state index contributed by atoms with van der Waals surface area (Å²) >= 11 is 0. The van der Waals surface area contributed by atoms with Gasteiger partial charge in [-0.25, -0.2) is 0 Å². The van der Waals surface area contributed by atoms with Crippen molar-refractivity contribution in [2.24, 2.45) is 0 Å². The maximum Gasteiger partial charge on any atom is 0.301 e. The molecule has 19 heavy (non-hydrogen) atoms. The molecule has 1 aliphatic heterocycles. The van der Waals surface area contributed by atoms with E-state index in [9.17, 15) is 8.42 Å². The van der Waals surface area contributed by atoms with Gasteiger partial charge in [0.25, 0.3) is 0 Å². The third kappa shape index (κ3) is 3.59. The molecule has 1 aliphatic rings. The van der Waals surface area contributed by atoms with E-state index in [0.29, 0.717) is 32.0 Å². The first kappa shape index (κ1) is 14.1. The molecule has 0 spiro atoms. The second kappa shape index (κ2) is 5.77. The van der Waals surface area contributed by atoms with E-state index in [4.69, 9.17) is 4.74 Å². The fourth-order valence-corrected chi connectivity index (χ4v) is 3.02. The molecule has 1 aromatic carbocycles. The second-order valence-corrected chi connectivity index (χ2v) is 6.23. The minimum atomic E-state index is -3.48. The Labute approximate surface area is 114 Å². The largest absolute Gasteiger partial charge is 0.379 e. The van der Waals surface area contributed by atoms with E-state index in [0.717, 1.165) is 5.69 Å². The lowest BCUT2D eigenvalue weighted by molar-refractivity contribution is 0.0733. The summed E-state index contributed by atoms with van der Waals surface area (Å²) < 4.78 is 33.4. The van der Waals surface area contributed by atoms with E-state index < -0.39 is 10.2 Å². The van der Waals surface area contributed by atoms with Gasteiger partial charge in [-0.2, -0.15) is 12.7 Å². The quantitative estimate of drug-likeness (QED) is 0.886. The SMILES string of the molecule is CN(C)c1ccc(NS(=O)(=O)N2CCOCC2)cc1. The Hall–Kier alpha value is -1.31. The van der Waals surface area contributed by atoms with Crippen LogP contribution in [0.2, 0.25) is 0 Å². The van der Waals surface area contributed by atoms with Crippen LogP contribution >= 0.6 is 0 Å². The maximum atomic E-state index is 12.1. The van der Waals surface area contributed by atoms with Crippen LogP contribution in [-0.2, 0) is 14.9 Å². The van der Waals surface area contributed by atoms with Crippen molar-refractivity contribution in [3.05, 3.63) is 24.3 Å². The number of benzene rings is 1. The van der Waals surface area contributed by atoms with Crippen molar-refractivity contribution >= 4 is 21.6 Å². The van der Waals surface area contributed by atoms with Gasteiger partial charge in [0.1, 0.15) is 0 Å². The summed E-state index contributed by atoms with van der Waals surface area (Å²) in [6, 6.07) is 7.26. The predicted octanol–water partition coefficient (Wildman–Crippen LogP) is 0.741. The highest BCUT2D eigenvalue weighted by Crippen LogP contribution is 2.18. The number of hydrogen-bond donors (Lipinski definition) is 1. The monoisotopic (exact) mass is 285 g/mol. The molecular weight excluding hydrogens is 266 g/mol. The van der Waals surface area contributed by atoms with E-state index in [1.165, 1.54) is 4.31 Å². The predicted molar refractivity (Wildman–Crippen MR) is 75.7 cm³/mol. The third-order valence-electron chi connectivity index (χ3n) is 2.94. The van der Waals surface area contributed by atoms with E-state index >= 15 is 0 Å². The van der Waals surface area contributed by atoms with Crippen LogP contribution in [0.1, 0.15) is 0 Å². The number of ether oxygens (including phenoxy) is 1. The average molecular weight is 285 g/mol. The Morgan fingerprint density at radius 3 is 2.26 bits per heavy atom. The van der Waals surface area contributed by atoms with Crippen molar-refractivity contribution in [3.63, 3.8) is 0 Å². The Kier molecular flexibility index (Phi) is 4.28. The molecular formula is C12H19N3O3S. The lowest BCUT2D eigenvalue weighted by atomic mass is 10.3. The van der Waals surface area contributed by atoms with Crippen molar-refractivity contribution in [1.29, 1.82) is 0 Å². The van der Waals surface area contributed by atoms with Crippen LogP contribution < -0.4 is 9.62 Å². The highest BCUT2D eigenvalue weighted by Gasteiger charge is 2.23. The highest BCUT2D eigenvalue weighted by molar-refractivity contribution is 7.90. The van der Waals surface area contributed by atoms with Gasteiger partial charge in [-0.1, -0.05) is 0 Å². The summed E-state index contributed by atoms with van der Waals surface area (Å²) in [5.74, 6) is 0. The Morgan fingerprint density at radius 1 is 1.16 bits per heavy atom. The summed E-state index contributed by atoms with van der Waals surface area (Å²) in [5, 5.41) is 0. The summed E-state index contributed by atoms with van der Waals surface area (Å²) in [6.45, 7) is 1.68. The van der Waals surface area contributed by atoms with Crippen LogP contribution in [0.15, 0.2) is 24.3 Å². The fourth-order valence-electron chi connectivity index (χ4n) is 1.83. The Balaban J connectivity index is 2.06. The minimum absolute atomic E-state index is 0.394. The number of nitrogens with zero attached hydrogens (tertiary/aromatic N) is 2. The van der Waals surface area contributed by atoms with E-state index in [2.05, 4.69) is 4.72 Å². The number of anilines is 2. The molecule has 1 aromatic rings. The van der Waals surface area contributed by atoms with E-state index in [1.807, 2.05) is 31.1 Å². The summed E-state index contributed by atoms with van der Waals surface area (Å²) in [6.07, 6.45) is 0. The summed E-state index contributed by atoms with van der Waals surface area (Å²) in [4.78, 5) is 1.96. The van der Waals surface area contributed by atoms with Gasteiger partial charge >= 0.3 is 10.2 Å². The second-order valence-electron chi connectivity index (χ2n) is 4.56. The van der Waals surface area contributed by atoms with Crippen LogP contribution in [0, 0.1) is 0 Å².